The van der Waals surface area contributed by atoms with Crippen LogP contribution in [0.5, 0.6) is 0 Å². The second-order valence-electron chi connectivity index (χ2n) is 8.82. The van der Waals surface area contributed by atoms with Gasteiger partial charge in [-0.3, -0.25) is 0 Å². The van der Waals surface area contributed by atoms with Gasteiger partial charge in [-0.2, -0.15) is 0 Å². The fourth-order valence-corrected chi connectivity index (χ4v) is 4.31. The Labute approximate surface area is 201 Å². The van der Waals surface area contributed by atoms with Crippen molar-refractivity contribution in [3.8, 4) is 22.3 Å². The third-order valence-electron chi connectivity index (χ3n) is 6.36. The molecule has 0 amide bonds. The zero-order valence-electron chi connectivity index (χ0n) is 19.8. The fourth-order valence-electron chi connectivity index (χ4n) is 4.31. The maximum atomic E-state index is 14.9. The monoisotopic (exact) mass is 452 g/mol. The SMILES string of the molecule is C/C=C/CCc1ccc(-c2ccc(-c3cc(F)c(C[C@H](C)c4ccccc4)c(F)c3)cc2)cc1. The molecule has 0 unspecified atom stereocenters. The van der Waals surface area contributed by atoms with Gasteiger partial charge in [0.25, 0.3) is 0 Å². The minimum atomic E-state index is -0.490. The quantitative estimate of drug-likeness (QED) is 0.234. The molecule has 0 aromatic heterocycles. The van der Waals surface area contributed by atoms with Crippen LogP contribution in [0.25, 0.3) is 22.3 Å². The van der Waals surface area contributed by atoms with Gasteiger partial charge in [-0.15, -0.1) is 0 Å². The molecule has 172 valence electrons. The van der Waals surface area contributed by atoms with Crippen molar-refractivity contribution < 1.29 is 8.78 Å². The van der Waals surface area contributed by atoms with Crippen LogP contribution in [0.3, 0.4) is 0 Å². The van der Waals surface area contributed by atoms with Crippen LogP contribution in [-0.4, -0.2) is 0 Å². The number of hydrogen-bond acceptors (Lipinski definition) is 0. The Kier molecular flexibility index (Phi) is 7.69. The first-order chi connectivity index (χ1) is 16.5. The number of hydrogen-bond donors (Lipinski definition) is 0. The molecule has 0 saturated heterocycles. The van der Waals surface area contributed by atoms with Gasteiger partial charge >= 0.3 is 0 Å². The molecule has 4 aromatic rings. The zero-order chi connectivity index (χ0) is 23.9. The number of allylic oxidation sites excluding steroid dienone is 2. The third-order valence-corrected chi connectivity index (χ3v) is 6.36. The van der Waals surface area contributed by atoms with Gasteiger partial charge < -0.3 is 0 Å². The molecule has 34 heavy (non-hydrogen) atoms. The van der Waals surface area contributed by atoms with Gasteiger partial charge in [0.1, 0.15) is 11.6 Å². The smallest absolute Gasteiger partial charge is 0.129 e. The maximum Gasteiger partial charge on any atom is 0.129 e. The number of benzene rings is 4. The average Bonchev–Trinajstić information content (AvgIpc) is 2.87. The second-order valence-corrected chi connectivity index (χ2v) is 8.82. The van der Waals surface area contributed by atoms with E-state index in [1.807, 2.05) is 68.4 Å². The summed E-state index contributed by atoms with van der Waals surface area (Å²) in [5, 5.41) is 0. The van der Waals surface area contributed by atoms with Gasteiger partial charge in [0.05, 0.1) is 0 Å². The molecule has 0 fully saturated rings. The number of halogens is 2. The van der Waals surface area contributed by atoms with E-state index in [1.165, 1.54) is 17.7 Å². The molecule has 0 aliphatic carbocycles. The van der Waals surface area contributed by atoms with Crippen LogP contribution >= 0.6 is 0 Å². The van der Waals surface area contributed by atoms with E-state index in [1.54, 1.807) is 0 Å². The van der Waals surface area contributed by atoms with Crippen molar-refractivity contribution in [2.24, 2.45) is 0 Å². The van der Waals surface area contributed by atoms with Crippen LogP contribution in [0, 0.1) is 11.6 Å². The summed E-state index contributed by atoms with van der Waals surface area (Å²) in [5.74, 6) is -0.949. The zero-order valence-corrected chi connectivity index (χ0v) is 19.8. The van der Waals surface area contributed by atoms with Crippen LogP contribution in [0.15, 0.2) is 103 Å². The summed E-state index contributed by atoms with van der Waals surface area (Å²) in [6.45, 7) is 4.03. The van der Waals surface area contributed by atoms with E-state index in [0.29, 0.717) is 12.0 Å². The normalized spacial score (nSPS) is 12.2. The van der Waals surface area contributed by atoms with E-state index in [4.69, 9.17) is 0 Å². The Balaban J connectivity index is 1.49. The van der Waals surface area contributed by atoms with Crippen molar-refractivity contribution in [2.75, 3.05) is 0 Å². The molecule has 4 aromatic carbocycles. The third kappa shape index (κ3) is 5.69. The number of rotatable bonds is 8. The number of aryl methyl sites for hydroxylation is 1. The highest BCUT2D eigenvalue weighted by Crippen LogP contribution is 2.30. The summed E-state index contributed by atoms with van der Waals surface area (Å²) >= 11 is 0. The molecule has 2 heteroatoms. The van der Waals surface area contributed by atoms with E-state index in [2.05, 4.69) is 36.4 Å². The molecule has 0 spiro atoms. The second kappa shape index (κ2) is 11.1. The Morgan fingerprint density at radius 1 is 0.706 bits per heavy atom. The molecule has 0 nitrogen and oxygen atoms in total. The molecule has 0 bridgehead atoms. The Morgan fingerprint density at radius 2 is 1.24 bits per heavy atom. The predicted molar refractivity (Wildman–Crippen MR) is 139 cm³/mol. The van der Waals surface area contributed by atoms with Crippen LogP contribution in [0.4, 0.5) is 8.78 Å². The average molecular weight is 453 g/mol. The largest absolute Gasteiger partial charge is 0.207 e. The minimum absolute atomic E-state index is 0.0323. The van der Waals surface area contributed by atoms with Crippen molar-refractivity contribution in [2.45, 2.75) is 39.0 Å². The molecular formula is C32H30F2. The summed E-state index contributed by atoms with van der Waals surface area (Å²) in [4.78, 5) is 0. The van der Waals surface area contributed by atoms with Crippen LogP contribution in [0.2, 0.25) is 0 Å². The molecule has 0 heterocycles. The first kappa shape index (κ1) is 23.6. The van der Waals surface area contributed by atoms with E-state index in [-0.39, 0.29) is 11.5 Å². The molecule has 0 saturated carbocycles. The summed E-state index contributed by atoms with van der Waals surface area (Å²) in [5.41, 5.74) is 6.09. The molecule has 0 N–H and O–H groups in total. The Morgan fingerprint density at radius 3 is 1.79 bits per heavy atom. The van der Waals surface area contributed by atoms with Crippen molar-refractivity contribution in [3.63, 3.8) is 0 Å². The van der Waals surface area contributed by atoms with Gasteiger partial charge in [-0.1, -0.05) is 97.9 Å². The topological polar surface area (TPSA) is 0 Å². The van der Waals surface area contributed by atoms with Crippen LogP contribution in [0.1, 0.15) is 42.9 Å². The predicted octanol–water partition coefficient (Wildman–Crippen LogP) is 9.15. The Bertz CT molecular complexity index is 1210. The van der Waals surface area contributed by atoms with Crippen molar-refractivity contribution >= 4 is 0 Å². The summed E-state index contributed by atoms with van der Waals surface area (Å²) in [6.07, 6.45) is 6.65. The lowest BCUT2D eigenvalue weighted by Crippen LogP contribution is -2.04. The molecule has 0 radical (unpaired) electrons. The molecule has 0 aliphatic rings. The standard InChI is InChI=1S/C32H30F2/c1-3-4-6-9-24-12-14-26(15-13-24)27-16-18-28(19-17-27)29-21-31(33)30(32(34)22-29)20-23(2)25-10-7-5-8-11-25/h3-5,7-8,10-19,21-23H,6,9,20H2,1-2H3/b4-3+/t23-/m0/s1. The molecule has 0 aliphatic heterocycles. The van der Waals surface area contributed by atoms with E-state index < -0.39 is 11.6 Å². The minimum Gasteiger partial charge on any atom is -0.207 e. The lowest BCUT2D eigenvalue weighted by molar-refractivity contribution is 0.544. The van der Waals surface area contributed by atoms with Crippen LogP contribution in [-0.2, 0) is 12.8 Å². The van der Waals surface area contributed by atoms with E-state index in [0.717, 1.165) is 35.1 Å². The molecule has 1 atom stereocenters. The van der Waals surface area contributed by atoms with Gasteiger partial charge in [0.2, 0.25) is 0 Å². The lowest BCUT2D eigenvalue weighted by Gasteiger charge is -2.14. The fraction of sp³-hybridized carbons (Fsp3) is 0.188. The molecular weight excluding hydrogens is 422 g/mol. The van der Waals surface area contributed by atoms with Gasteiger partial charge in [0, 0.05) is 5.56 Å². The first-order valence-corrected chi connectivity index (χ1v) is 11.9. The lowest BCUT2D eigenvalue weighted by atomic mass is 9.92. The van der Waals surface area contributed by atoms with Gasteiger partial charge in [-0.05, 0) is 77.6 Å². The van der Waals surface area contributed by atoms with Crippen molar-refractivity contribution in [1.82, 2.24) is 0 Å². The maximum absolute atomic E-state index is 14.9. The van der Waals surface area contributed by atoms with Gasteiger partial charge in [0.15, 0.2) is 0 Å². The molecule has 4 rings (SSSR count). The van der Waals surface area contributed by atoms with Crippen molar-refractivity contribution in [1.29, 1.82) is 0 Å². The van der Waals surface area contributed by atoms with Crippen molar-refractivity contribution in [3.05, 3.63) is 131 Å². The highest BCUT2D eigenvalue weighted by Gasteiger charge is 2.16. The van der Waals surface area contributed by atoms with Gasteiger partial charge in [-0.25, -0.2) is 8.78 Å². The highest BCUT2D eigenvalue weighted by molar-refractivity contribution is 5.70. The van der Waals surface area contributed by atoms with E-state index in [9.17, 15) is 8.78 Å². The van der Waals surface area contributed by atoms with E-state index >= 15 is 0 Å². The summed E-state index contributed by atoms with van der Waals surface area (Å²) < 4.78 is 29.8. The van der Waals surface area contributed by atoms with Crippen LogP contribution < -0.4 is 0 Å². The highest BCUT2D eigenvalue weighted by atomic mass is 19.1. The Hall–Kier alpha value is -3.52. The summed E-state index contributed by atoms with van der Waals surface area (Å²) in [6, 6.07) is 29.2. The summed E-state index contributed by atoms with van der Waals surface area (Å²) in [7, 11) is 0. The first-order valence-electron chi connectivity index (χ1n) is 11.9.